The number of rotatable bonds is 6. The Kier molecular flexibility index (Phi) is 6.09. The van der Waals surface area contributed by atoms with Crippen molar-refractivity contribution in [3.63, 3.8) is 0 Å². The minimum atomic E-state index is 0.207. The number of nitrogens with one attached hydrogen (secondary N) is 1. The van der Waals surface area contributed by atoms with Gasteiger partial charge >= 0.3 is 0 Å². The first-order valence-electron chi connectivity index (χ1n) is 7.31. The first-order valence-corrected chi connectivity index (χ1v) is 7.31. The van der Waals surface area contributed by atoms with E-state index in [0.29, 0.717) is 12.0 Å². The highest BCUT2D eigenvalue weighted by Crippen LogP contribution is 2.22. The third-order valence-electron chi connectivity index (χ3n) is 3.80. The predicted octanol–water partition coefficient (Wildman–Crippen LogP) is 2.37. The molecule has 0 radical (unpaired) electrons. The van der Waals surface area contributed by atoms with Crippen LogP contribution in [0.5, 0.6) is 0 Å². The fourth-order valence-electron chi connectivity index (χ4n) is 2.73. The largest absolute Gasteiger partial charge is 0.384 e. The Balaban J connectivity index is 2.48. The van der Waals surface area contributed by atoms with E-state index < -0.39 is 0 Å². The molecule has 1 aliphatic rings. The predicted molar refractivity (Wildman–Crippen MR) is 77.9 cm³/mol. The minimum Gasteiger partial charge on any atom is -0.384 e. The molecule has 1 rings (SSSR count). The van der Waals surface area contributed by atoms with Crippen LogP contribution in [0, 0.1) is 11.8 Å². The van der Waals surface area contributed by atoms with Gasteiger partial charge in [0, 0.05) is 31.8 Å². The van der Waals surface area contributed by atoms with E-state index in [4.69, 9.17) is 4.74 Å². The maximum absolute atomic E-state index is 5.29. The number of hydrogen-bond donors (Lipinski definition) is 1. The SMILES string of the molecule is COCC1CCN(C(CNC(C)(C)C)C(C)C)C1. The topological polar surface area (TPSA) is 24.5 Å². The van der Waals surface area contributed by atoms with Gasteiger partial charge in [0.15, 0.2) is 0 Å². The van der Waals surface area contributed by atoms with Crippen molar-refractivity contribution in [3.05, 3.63) is 0 Å². The van der Waals surface area contributed by atoms with E-state index in [9.17, 15) is 0 Å². The van der Waals surface area contributed by atoms with Crippen LogP contribution < -0.4 is 5.32 Å². The van der Waals surface area contributed by atoms with E-state index >= 15 is 0 Å². The number of ether oxygens (including phenoxy) is 1. The molecule has 2 unspecified atom stereocenters. The Hall–Kier alpha value is -0.120. The second kappa shape index (κ2) is 6.88. The van der Waals surface area contributed by atoms with Crippen LogP contribution >= 0.6 is 0 Å². The molecule has 108 valence electrons. The normalized spacial score (nSPS) is 23.8. The van der Waals surface area contributed by atoms with Gasteiger partial charge in [0.2, 0.25) is 0 Å². The molecule has 0 bridgehead atoms. The molecule has 1 saturated heterocycles. The highest BCUT2D eigenvalue weighted by Gasteiger charge is 2.30. The van der Waals surface area contributed by atoms with Crippen LogP contribution in [0.4, 0.5) is 0 Å². The molecule has 1 aliphatic heterocycles. The molecule has 1 fully saturated rings. The van der Waals surface area contributed by atoms with E-state index in [-0.39, 0.29) is 5.54 Å². The van der Waals surface area contributed by atoms with Gasteiger partial charge in [-0.1, -0.05) is 13.8 Å². The maximum atomic E-state index is 5.29. The van der Waals surface area contributed by atoms with Crippen molar-refractivity contribution in [1.82, 2.24) is 10.2 Å². The summed E-state index contributed by atoms with van der Waals surface area (Å²) in [6, 6.07) is 0.645. The third kappa shape index (κ3) is 5.25. The molecule has 3 nitrogen and oxygen atoms in total. The highest BCUT2D eigenvalue weighted by molar-refractivity contribution is 4.86. The fraction of sp³-hybridized carbons (Fsp3) is 1.00. The van der Waals surface area contributed by atoms with Gasteiger partial charge in [-0.3, -0.25) is 4.90 Å². The third-order valence-corrected chi connectivity index (χ3v) is 3.80. The van der Waals surface area contributed by atoms with Crippen LogP contribution in [0.2, 0.25) is 0 Å². The molecule has 18 heavy (non-hydrogen) atoms. The van der Waals surface area contributed by atoms with Gasteiger partial charge in [-0.25, -0.2) is 0 Å². The highest BCUT2D eigenvalue weighted by atomic mass is 16.5. The standard InChI is InChI=1S/C15H32N2O/c1-12(2)14(9-16-15(3,4)5)17-8-7-13(10-17)11-18-6/h12-14,16H,7-11H2,1-6H3. The first-order chi connectivity index (χ1) is 8.33. The maximum Gasteiger partial charge on any atom is 0.0503 e. The molecule has 1 N–H and O–H groups in total. The minimum absolute atomic E-state index is 0.207. The first kappa shape index (κ1) is 15.9. The average Bonchev–Trinajstić information content (AvgIpc) is 2.65. The Labute approximate surface area is 113 Å². The Morgan fingerprint density at radius 3 is 2.50 bits per heavy atom. The molecule has 0 aromatic rings. The fourth-order valence-corrected chi connectivity index (χ4v) is 2.73. The molecule has 3 heteroatoms. The Morgan fingerprint density at radius 1 is 1.33 bits per heavy atom. The summed E-state index contributed by atoms with van der Waals surface area (Å²) in [7, 11) is 1.81. The molecule has 0 aliphatic carbocycles. The number of hydrogen-bond acceptors (Lipinski definition) is 3. The number of likely N-dealkylation sites (tertiary alicyclic amines) is 1. The lowest BCUT2D eigenvalue weighted by atomic mass is 10.0. The van der Waals surface area contributed by atoms with Crippen LogP contribution in [0.15, 0.2) is 0 Å². The van der Waals surface area contributed by atoms with Crippen LogP contribution in [-0.4, -0.2) is 49.8 Å². The van der Waals surface area contributed by atoms with Crippen LogP contribution in [0.1, 0.15) is 41.0 Å². The zero-order chi connectivity index (χ0) is 13.8. The molecule has 1 heterocycles. The number of methoxy groups -OCH3 is 1. The second-order valence-electron chi connectivity index (χ2n) is 7.05. The summed E-state index contributed by atoms with van der Waals surface area (Å²) in [5, 5.41) is 3.65. The van der Waals surface area contributed by atoms with E-state index in [1.54, 1.807) is 0 Å². The lowest BCUT2D eigenvalue weighted by Crippen LogP contribution is -2.49. The van der Waals surface area contributed by atoms with E-state index in [0.717, 1.165) is 19.1 Å². The van der Waals surface area contributed by atoms with Crippen molar-refractivity contribution < 1.29 is 4.74 Å². The van der Waals surface area contributed by atoms with E-state index in [1.807, 2.05) is 7.11 Å². The van der Waals surface area contributed by atoms with Crippen LogP contribution in [-0.2, 0) is 4.74 Å². The lowest BCUT2D eigenvalue weighted by molar-refractivity contribution is 0.134. The average molecular weight is 256 g/mol. The van der Waals surface area contributed by atoms with Gasteiger partial charge in [0.25, 0.3) is 0 Å². The van der Waals surface area contributed by atoms with Crippen molar-refractivity contribution in [3.8, 4) is 0 Å². The Morgan fingerprint density at radius 2 is 2.00 bits per heavy atom. The van der Waals surface area contributed by atoms with Gasteiger partial charge in [-0.05, 0) is 45.6 Å². The summed E-state index contributed by atoms with van der Waals surface area (Å²) in [6.07, 6.45) is 1.28. The van der Waals surface area contributed by atoms with Gasteiger partial charge in [-0.2, -0.15) is 0 Å². The van der Waals surface area contributed by atoms with Crippen molar-refractivity contribution in [2.75, 3.05) is 33.4 Å². The molecule has 0 amide bonds. The van der Waals surface area contributed by atoms with Gasteiger partial charge in [0.05, 0.1) is 6.61 Å². The van der Waals surface area contributed by atoms with Gasteiger partial charge < -0.3 is 10.1 Å². The van der Waals surface area contributed by atoms with E-state index in [1.165, 1.54) is 19.5 Å². The van der Waals surface area contributed by atoms with Crippen molar-refractivity contribution in [1.29, 1.82) is 0 Å². The summed E-state index contributed by atoms with van der Waals surface area (Å²) < 4.78 is 5.29. The molecular weight excluding hydrogens is 224 g/mol. The molecule has 2 atom stereocenters. The Bertz CT molecular complexity index is 235. The van der Waals surface area contributed by atoms with Crippen LogP contribution in [0.3, 0.4) is 0 Å². The molecule has 0 aromatic carbocycles. The molecular formula is C15H32N2O. The zero-order valence-corrected chi connectivity index (χ0v) is 13.1. The lowest BCUT2D eigenvalue weighted by Gasteiger charge is -2.34. The van der Waals surface area contributed by atoms with E-state index in [2.05, 4.69) is 44.8 Å². The van der Waals surface area contributed by atoms with Crippen LogP contribution in [0.25, 0.3) is 0 Å². The summed E-state index contributed by atoms with van der Waals surface area (Å²) in [6.45, 7) is 15.8. The van der Waals surface area contributed by atoms with Gasteiger partial charge in [0.1, 0.15) is 0 Å². The van der Waals surface area contributed by atoms with Crippen molar-refractivity contribution in [2.45, 2.75) is 52.6 Å². The quantitative estimate of drug-likeness (QED) is 0.789. The van der Waals surface area contributed by atoms with Crippen molar-refractivity contribution >= 4 is 0 Å². The van der Waals surface area contributed by atoms with Crippen molar-refractivity contribution in [2.24, 2.45) is 11.8 Å². The zero-order valence-electron chi connectivity index (χ0n) is 13.1. The van der Waals surface area contributed by atoms with Gasteiger partial charge in [-0.15, -0.1) is 0 Å². The monoisotopic (exact) mass is 256 g/mol. The number of nitrogens with zero attached hydrogens (tertiary/aromatic N) is 1. The smallest absolute Gasteiger partial charge is 0.0503 e. The molecule has 0 saturated carbocycles. The molecule has 0 spiro atoms. The summed E-state index contributed by atoms with van der Waals surface area (Å²) in [5.74, 6) is 1.42. The molecule has 0 aromatic heterocycles. The second-order valence-corrected chi connectivity index (χ2v) is 7.05. The summed E-state index contributed by atoms with van der Waals surface area (Å²) in [5.41, 5.74) is 0.207. The summed E-state index contributed by atoms with van der Waals surface area (Å²) in [4.78, 5) is 2.65. The summed E-state index contributed by atoms with van der Waals surface area (Å²) >= 11 is 0.